The van der Waals surface area contributed by atoms with Crippen LogP contribution < -0.4 is 20.5 Å². The van der Waals surface area contributed by atoms with Gasteiger partial charge in [0, 0.05) is 30.3 Å². The van der Waals surface area contributed by atoms with Crippen molar-refractivity contribution in [3.8, 4) is 5.75 Å². The fourth-order valence-corrected chi connectivity index (χ4v) is 3.36. The minimum atomic E-state index is -0.583. The van der Waals surface area contributed by atoms with Gasteiger partial charge in [-0.25, -0.2) is 0 Å². The van der Waals surface area contributed by atoms with Gasteiger partial charge in [0.15, 0.2) is 0 Å². The molecular weight excluding hydrogens is 394 g/mol. The summed E-state index contributed by atoms with van der Waals surface area (Å²) < 4.78 is 6.63. The lowest BCUT2D eigenvalue weighted by molar-refractivity contribution is 0.0942. The minimum absolute atomic E-state index is 0.194. The van der Waals surface area contributed by atoms with E-state index in [4.69, 9.17) is 16.3 Å². The normalized spacial score (nSPS) is 12.6. The van der Waals surface area contributed by atoms with Crippen LogP contribution in [-0.2, 0) is 13.1 Å². The third-order valence-corrected chi connectivity index (χ3v) is 5.08. The Kier molecular flexibility index (Phi) is 5.18. The van der Waals surface area contributed by atoms with E-state index in [0.29, 0.717) is 24.1 Å². The number of hydrogen-bond acceptors (Lipinski definition) is 6. The molecule has 0 saturated heterocycles. The summed E-state index contributed by atoms with van der Waals surface area (Å²) in [6.45, 7) is 1.17. The highest BCUT2D eigenvalue weighted by atomic mass is 35.5. The Morgan fingerprint density at radius 2 is 1.90 bits per heavy atom. The number of amides is 1. The molecule has 2 heterocycles. The summed E-state index contributed by atoms with van der Waals surface area (Å²) in [4.78, 5) is 27.1. The van der Waals surface area contributed by atoms with Gasteiger partial charge in [0.05, 0.1) is 7.11 Å². The number of carbonyl (C=O) groups excluding carboxylic acids is 1. The van der Waals surface area contributed by atoms with Gasteiger partial charge >= 0.3 is 0 Å². The summed E-state index contributed by atoms with van der Waals surface area (Å²) >= 11 is 6.10. The number of halogens is 1. The maximum absolute atomic E-state index is 12.8. The molecule has 1 N–H and O–H groups in total. The molecule has 0 fully saturated rings. The molecule has 3 aromatic rings. The van der Waals surface area contributed by atoms with Crippen LogP contribution >= 0.6 is 11.6 Å². The number of nitrogens with one attached hydrogen (secondary N) is 1. The molecular formula is C20H18ClN5O3. The SMILES string of the molecule is COc1ccc(N2CCn3c2nnc(C(=O)NCc2ccccc2Cl)c3=O)cc1. The van der Waals surface area contributed by atoms with Gasteiger partial charge < -0.3 is 15.0 Å². The van der Waals surface area contributed by atoms with Crippen molar-refractivity contribution in [2.75, 3.05) is 18.6 Å². The van der Waals surface area contributed by atoms with E-state index in [9.17, 15) is 9.59 Å². The molecule has 1 aliphatic heterocycles. The Morgan fingerprint density at radius 1 is 1.14 bits per heavy atom. The Labute approximate surface area is 171 Å². The number of fused-ring (bicyclic) bond motifs is 1. The average Bonchev–Trinajstić information content (AvgIpc) is 3.18. The van der Waals surface area contributed by atoms with E-state index in [-0.39, 0.29) is 12.2 Å². The number of nitrogens with zero attached hydrogens (tertiary/aromatic N) is 4. The fraction of sp³-hybridized carbons (Fsp3) is 0.200. The summed E-state index contributed by atoms with van der Waals surface area (Å²) in [7, 11) is 1.60. The molecule has 0 aliphatic carbocycles. The van der Waals surface area contributed by atoms with Crippen LogP contribution in [0.4, 0.5) is 11.6 Å². The van der Waals surface area contributed by atoms with Crippen LogP contribution in [0, 0.1) is 0 Å². The first kappa shape index (κ1) is 18.9. The number of ether oxygens (including phenoxy) is 1. The molecule has 148 valence electrons. The lowest BCUT2D eigenvalue weighted by atomic mass is 10.2. The Hall–Kier alpha value is -3.39. The van der Waals surface area contributed by atoms with Crippen molar-refractivity contribution in [2.45, 2.75) is 13.1 Å². The van der Waals surface area contributed by atoms with Crippen LogP contribution in [-0.4, -0.2) is 34.3 Å². The Morgan fingerprint density at radius 3 is 2.62 bits per heavy atom. The van der Waals surface area contributed by atoms with Gasteiger partial charge in [-0.3, -0.25) is 14.2 Å². The molecule has 9 heteroatoms. The molecule has 8 nitrogen and oxygen atoms in total. The second kappa shape index (κ2) is 7.92. The van der Waals surface area contributed by atoms with Crippen LogP contribution in [0.25, 0.3) is 0 Å². The smallest absolute Gasteiger partial charge is 0.286 e. The number of benzene rings is 2. The molecule has 0 radical (unpaired) electrons. The molecule has 2 aromatic carbocycles. The molecule has 1 amide bonds. The van der Waals surface area contributed by atoms with Gasteiger partial charge in [0.1, 0.15) is 5.75 Å². The first-order valence-electron chi connectivity index (χ1n) is 8.99. The summed E-state index contributed by atoms with van der Waals surface area (Å²) in [5.74, 6) is 0.561. The molecule has 1 aromatic heterocycles. The highest BCUT2D eigenvalue weighted by Gasteiger charge is 2.27. The lowest BCUT2D eigenvalue weighted by Gasteiger charge is -2.17. The van der Waals surface area contributed by atoms with Crippen molar-refractivity contribution in [3.05, 3.63) is 75.2 Å². The zero-order valence-corrected chi connectivity index (χ0v) is 16.4. The van der Waals surface area contributed by atoms with Crippen LogP contribution in [0.5, 0.6) is 5.75 Å². The van der Waals surface area contributed by atoms with Gasteiger partial charge in [-0.15, -0.1) is 10.2 Å². The number of rotatable bonds is 5. The second-order valence-corrected chi connectivity index (χ2v) is 6.84. The van der Waals surface area contributed by atoms with Crippen molar-refractivity contribution in [3.63, 3.8) is 0 Å². The summed E-state index contributed by atoms with van der Waals surface area (Å²) in [5.41, 5.74) is 0.907. The van der Waals surface area contributed by atoms with Crippen molar-refractivity contribution >= 4 is 29.1 Å². The van der Waals surface area contributed by atoms with Gasteiger partial charge in [0.2, 0.25) is 11.6 Å². The summed E-state index contributed by atoms with van der Waals surface area (Å²) in [6.07, 6.45) is 0. The van der Waals surface area contributed by atoms with Crippen molar-refractivity contribution in [2.24, 2.45) is 0 Å². The highest BCUT2D eigenvalue weighted by Crippen LogP contribution is 2.28. The van der Waals surface area contributed by atoms with E-state index >= 15 is 0 Å². The van der Waals surface area contributed by atoms with E-state index in [1.165, 1.54) is 4.57 Å². The van der Waals surface area contributed by atoms with Crippen molar-refractivity contribution in [1.29, 1.82) is 0 Å². The summed E-state index contributed by atoms with van der Waals surface area (Å²) in [6, 6.07) is 14.6. The standard InChI is InChI=1S/C20H18ClN5O3/c1-29-15-8-6-14(7-9-15)25-10-11-26-19(28)17(23-24-20(25)26)18(27)22-12-13-4-2-3-5-16(13)21/h2-9H,10-12H2,1H3,(H,22,27). The van der Waals surface area contributed by atoms with E-state index in [0.717, 1.165) is 17.0 Å². The number of anilines is 2. The first-order valence-corrected chi connectivity index (χ1v) is 9.37. The maximum atomic E-state index is 12.8. The largest absolute Gasteiger partial charge is 0.497 e. The fourth-order valence-electron chi connectivity index (χ4n) is 3.16. The predicted octanol–water partition coefficient (Wildman–Crippen LogP) is 2.38. The molecule has 29 heavy (non-hydrogen) atoms. The topological polar surface area (TPSA) is 89.3 Å². The van der Waals surface area contributed by atoms with E-state index in [1.54, 1.807) is 25.3 Å². The number of hydrogen-bond donors (Lipinski definition) is 1. The molecule has 1 aliphatic rings. The minimum Gasteiger partial charge on any atom is -0.497 e. The Balaban J connectivity index is 1.55. The van der Waals surface area contributed by atoms with Crippen LogP contribution in [0.15, 0.2) is 53.3 Å². The maximum Gasteiger partial charge on any atom is 0.286 e. The number of carbonyl (C=O) groups is 1. The quantitative estimate of drug-likeness (QED) is 0.693. The highest BCUT2D eigenvalue weighted by molar-refractivity contribution is 6.31. The third-order valence-electron chi connectivity index (χ3n) is 4.71. The van der Waals surface area contributed by atoms with Gasteiger partial charge in [0.25, 0.3) is 11.5 Å². The van der Waals surface area contributed by atoms with Crippen molar-refractivity contribution < 1.29 is 9.53 Å². The van der Waals surface area contributed by atoms with Gasteiger partial charge in [-0.2, -0.15) is 0 Å². The van der Waals surface area contributed by atoms with E-state index in [2.05, 4.69) is 15.5 Å². The average molecular weight is 412 g/mol. The van der Waals surface area contributed by atoms with Crippen LogP contribution in [0.1, 0.15) is 16.1 Å². The van der Waals surface area contributed by atoms with Gasteiger partial charge in [-0.05, 0) is 35.9 Å². The molecule has 0 saturated carbocycles. The summed E-state index contributed by atoms with van der Waals surface area (Å²) in [5, 5.41) is 11.3. The van der Waals surface area contributed by atoms with E-state index in [1.807, 2.05) is 35.2 Å². The number of methoxy groups -OCH3 is 1. The lowest BCUT2D eigenvalue weighted by Crippen LogP contribution is -2.34. The molecule has 0 spiro atoms. The molecule has 0 bridgehead atoms. The van der Waals surface area contributed by atoms with Gasteiger partial charge in [-0.1, -0.05) is 29.8 Å². The predicted molar refractivity (Wildman–Crippen MR) is 109 cm³/mol. The molecule has 0 unspecified atom stereocenters. The zero-order valence-electron chi connectivity index (χ0n) is 15.6. The van der Waals surface area contributed by atoms with Crippen molar-refractivity contribution in [1.82, 2.24) is 20.1 Å². The Bertz CT molecular complexity index is 1110. The number of aromatic nitrogens is 3. The second-order valence-electron chi connectivity index (χ2n) is 6.43. The first-order chi connectivity index (χ1) is 14.1. The third kappa shape index (κ3) is 3.66. The molecule has 4 rings (SSSR count). The van der Waals surface area contributed by atoms with Crippen LogP contribution in [0.3, 0.4) is 0 Å². The van der Waals surface area contributed by atoms with E-state index < -0.39 is 11.5 Å². The van der Waals surface area contributed by atoms with Crippen LogP contribution in [0.2, 0.25) is 5.02 Å². The molecule has 0 atom stereocenters. The monoisotopic (exact) mass is 411 g/mol. The zero-order chi connectivity index (χ0) is 20.4.